The van der Waals surface area contributed by atoms with Crippen LogP contribution in [-0.4, -0.2) is 73.2 Å². The molecular formula is C14H29N3O2. The number of rotatable bonds is 7. The maximum absolute atomic E-state index is 11.6. The highest BCUT2D eigenvalue weighted by Crippen LogP contribution is 2.12. The molecular weight excluding hydrogens is 242 g/mol. The van der Waals surface area contributed by atoms with Crippen LogP contribution in [0.25, 0.3) is 0 Å². The van der Waals surface area contributed by atoms with E-state index >= 15 is 0 Å². The average Bonchev–Trinajstić information content (AvgIpc) is 2.38. The molecule has 5 heteroatoms. The summed E-state index contributed by atoms with van der Waals surface area (Å²) in [6.45, 7) is 4.97. The molecule has 2 N–H and O–H groups in total. The van der Waals surface area contributed by atoms with Gasteiger partial charge < -0.3 is 15.3 Å². The van der Waals surface area contributed by atoms with Gasteiger partial charge in [0, 0.05) is 45.9 Å². The Balaban J connectivity index is 2.19. The number of amides is 1. The van der Waals surface area contributed by atoms with E-state index in [0.717, 1.165) is 38.8 Å². The van der Waals surface area contributed by atoms with E-state index in [0.29, 0.717) is 18.6 Å². The molecule has 1 saturated heterocycles. The summed E-state index contributed by atoms with van der Waals surface area (Å²) in [4.78, 5) is 15.5. The van der Waals surface area contributed by atoms with Crippen LogP contribution in [0.1, 0.15) is 32.6 Å². The van der Waals surface area contributed by atoms with Gasteiger partial charge in [0.15, 0.2) is 0 Å². The maximum Gasteiger partial charge on any atom is 0.236 e. The van der Waals surface area contributed by atoms with Gasteiger partial charge in [0.05, 0.1) is 6.54 Å². The predicted molar refractivity (Wildman–Crippen MR) is 77.1 cm³/mol. The second-order valence-corrected chi connectivity index (χ2v) is 5.77. The first-order chi connectivity index (χ1) is 9.02. The Bertz CT molecular complexity index is 263. The molecule has 1 unspecified atom stereocenters. The fraction of sp³-hybridized carbons (Fsp3) is 0.929. The van der Waals surface area contributed by atoms with Crippen molar-refractivity contribution in [3.8, 4) is 0 Å². The summed E-state index contributed by atoms with van der Waals surface area (Å²) in [5.41, 5.74) is 0. The Kier molecular flexibility index (Phi) is 7.34. The molecule has 1 heterocycles. The van der Waals surface area contributed by atoms with Crippen molar-refractivity contribution in [2.45, 2.75) is 44.7 Å². The van der Waals surface area contributed by atoms with Crippen molar-refractivity contribution in [2.75, 3.05) is 40.3 Å². The minimum atomic E-state index is 0.183. The van der Waals surface area contributed by atoms with Gasteiger partial charge >= 0.3 is 0 Å². The first-order valence-electron chi connectivity index (χ1n) is 7.32. The van der Waals surface area contributed by atoms with Crippen LogP contribution in [0.2, 0.25) is 0 Å². The first-order valence-corrected chi connectivity index (χ1v) is 7.32. The van der Waals surface area contributed by atoms with E-state index in [4.69, 9.17) is 5.11 Å². The molecule has 5 nitrogen and oxygen atoms in total. The van der Waals surface area contributed by atoms with Crippen molar-refractivity contribution >= 4 is 5.91 Å². The molecule has 0 saturated carbocycles. The summed E-state index contributed by atoms with van der Waals surface area (Å²) in [5.74, 6) is 0.183. The minimum Gasteiger partial charge on any atom is -0.396 e. The van der Waals surface area contributed by atoms with E-state index in [2.05, 4.69) is 17.1 Å². The number of likely N-dealkylation sites (tertiary alicyclic amines) is 1. The van der Waals surface area contributed by atoms with Gasteiger partial charge in [-0.25, -0.2) is 0 Å². The standard InChI is InChI=1S/C14H29N3O2/c1-12(5-4-10-18)15-13-6-8-17(9-7-13)11-14(19)16(2)3/h12-13,15,18H,4-11H2,1-3H3. The molecule has 1 aliphatic rings. The van der Waals surface area contributed by atoms with E-state index in [-0.39, 0.29) is 12.5 Å². The average molecular weight is 271 g/mol. The lowest BCUT2D eigenvalue weighted by Gasteiger charge is -2.34. The van der Waals surface area contributed by atoms with Crippen LogP contribution in [-0.2, 0) is 4.79 Å². The molecule has 0 bridgehead atoms. The van der Waals surface area contributed by atoms with Crippen LogP contribution < -0.4 is 5.32 Å². The molecule has 0 aromatic carbocycles. The smallest absolute Gasteiger partial charge is 0.236 e. The number of nitrogens with zero attached hydrogens (tertiary/aromatic N) is 2. The number of likely N-dealkylation sites (N-methyl/N-ethyl adjacent to an activating group) is 1. The third kappa shape index (κ3) is 6.36. The number of hydrogen-bond acceptors (Lipinski definition) is 4. The number of hydrogen-bond donors (Lipinski definition) is 2. The van der Waals surface area contributed by atoms with Gasteiger partial charge in [0.25, 0.3) is 0 Å². The van der Waals surface area contributed by atoms with E-state index in [1.54, 1.807) is 19.0 Å². The Morgan fingerprint density at radius 2 is 2.05 bits per heavy atom. The number of carbonyl (C=O) groups is 1. The highest BCUT2D eigenvalue weighted by atomic mass is 16.2. The molecule has 1 amide bonds. The number of nitrogens with one attached hydrogen (secondary N) is 1. The topological polar surface area (TPSA) is 55.8 Å². The predicted octanol–water partition coefficient (Wildman–Crippen LogP) is 0.290. The van der Waals surface area contributed by atoms with Crippen LogP contribution in [0.4, 0.5) is 0 Å². The summed E-state index contributed by atoms with van der Waals surface area (Å²) in [5, 5.41) is 12.4. The van der Waals surface area contributed by atoms with Gasteiger partial charge in [-0.2, -0.15) is 0 Å². The van der Waals surface area contributed by atoms with Gasteiger partial charge in [0.2, 0.25) is 5.91 Å². The van der Waals surface area contributed by atoms with Crippen LogP contribution in [0, 0.1) is 0 Å². The molecule has 112 valence electrons. The van der Waals surface area contributed by atoms with Crippen LogP contribution >= 0.6 is 0 Å². The zero-order chi connectivity index (χ0) is 14.3. The minimum absolute atomic E-state index is 0.183. The SMILES string of the molecule is CC(CCCO)NC1CCN(CC(=O)N(C)C)CC1. The third-order valence-electron chi connectivity index (χ3n) is 3.76. The summed E-state index contributed by atoms with van der Waals surface area (Å²) < 4.78 is 0. The van der Waals surface area contributed by atoms with Crippen molar-refractivity contribution in [3.63, 3.8) is 0 Å². The summed E-state index contributed by atoms with van der Waals surface area (Å²) in [6.07, 6.45) is 4.09. The molecule has 0 aliphatic carbocycles. The molecule has 0 aromatic rings. The lowest BCUT2D eigenvalue weighted by molar-refractivity contribution is -0.130. The molecule has 0 aromatic heterocycles. The fourth-order valence-corrected chi connectivity index (χ4v) is 2.47. The van der Waals surface area contributed by atoms with E-state index in [1.807, 2.05) is 0 Å². The van der Waals surface area contributed by atoms with Gasteiger partial charge in [-0.3, -0.25) is 9.69 Å². The van der Waals surface area contributed by atoms with Gasteiger partial charge in [-0.15, -0.1) is 0 Å². The summed E-state index contributed by atoms with van der Waals surface area (Å²) >= 11 is 0. The highest BCUT2D eigenvalue weighted by molar-refractivity contribution is 5.77. The second kappa shape index (κ2) is 8.51. The molecule has 1 atom stereocenters. The molecule has 19 heavy (non-hydrogen) atoms. The van der Waals surface area contributed by atoms with E-state index in [9.17, 15) is 4.79 Å². The van der Waals surface area contributed by atoms with Crippen LogP contribution in [0.15, 0.2) is 0 Å². The second-order valence-electron chi connectivity index (χ2n) is 5.77. The van der Waals surface area contributed by atoms with Crippen molar-refractivity contribution < 1.29 is 9.90 Å². The number of aliphatic hydroxyl groups excluding tert-OH is 1. The lowest BCUT2D eigenvalue weighted by atomic mass is 10.0. The Morgan fingerprint density at radius 1 is 1.42 bits per heavy atom. The van der Waals surface area contributed by atoms with Crippen molar-refractivity contribution in [1.29, 1.82) is 0 Å². The normalized spacial score (nSPS) is 19.4. The van der Waals surface area contributed by atoms with Crippen molar-refractivity contribution in [3.05, 3.63) is 0 Å². The summed E-state index contributed by atoms with van der Waals surface area (Å²) in [6, 6.07) is 1.02. The van der Waals surface area contributed by atoms with E-state index in [1.165, 1.54) is 0 Å². The molecule has 1 aliphatic heterocycles. The molecule has 1 fully saturated rings. The van der Waals surface area contributed by atoms with Gasteiger partial charge in [-0.05, 0) is 32.6 Å². The number of carbonyl (C=O) groups excluding carboxylic acids is 1. The largest absolute Gasteiger partial charge is 0.396 e. The Labute approximate surface area is 117 Å². The monoisotopic (exact) mass is 271 g/mol. The van der Waals surface area contributed by atoms with Crippen molar-refractivity contribution in [1.82, 2.24) is 15.1 Å². The van der Waals surface area contributed by atoms with Gasteiger partial charge in [0.1, 0.15) is 0 Å². The molecule has 1 rings (SSSR count). The zero-order valence-electron chi connectivity index (χ0n) is 12.6. The summed E-state index contributed by atoms with van der Waals surface area (Å²) in [7, 11) is 3.61. The fourth-order valence-electron chi connectivity index (χ4n) is 2.47. The molecule has 0 radical (unpaired) electrons. The maximum atomic E-state index is 11.6. The quantitative estimate of drug-likeness (QED) is 0.699. The Hall–Kier alpha value is -0.650. The first kappa shape index (κ1) is 16.4. The Morgan fingerprint density at radius 3 is 2.58 bits per heavy atom. The zero-order valence-corrected chi connectivity index (χ0v) is 12.6. The van der Waals surface area contributed by atoms with Crippen LogP contribution in [0.5, 0.6) is 0 Å². The number of piperidine rings is 1. The highest BCUT2D eigenvalue weighted by Gasteiger charge is 2.22. The molecule has 0 spiro atoms. The third-order valence-corrected chi connectivity index (χ3v) is 3.76. The lowest BCUT2D eigenvalue weighted by Crippen LogP contribution is -2.47. The van der Waals surface area contributed by atoms with E-state index < -0.39 is 0 Å². The van der Waals surface area contributed by atoms with Crippen molar-refractivity contribution in [2.24, 2.45) is 0 Å². The van der Waals surface area contributed by atoms with Crippen LogP contribution in [0.3, 0.4) is 0 Å². The number of aliphatic hydroxyl groups is 1. The van der Waals surface area contributed by atoms with Gasteiger partial charge in [-0.1, -0.05) is 0 Å².